The van der Waals surface area contributed by atoms with Crippen molar-refractivity contribution in [2.75, 3.05) is 43.0 Å². The number of anilines is 2. The van der Waals surface area contributed by atoms with Gasteiger partial charge in [0.05, 0.1) is 16.8 Å². The highest BCUT2D eigenvalue weighted by molar-refractivity contribution is 7.89. The van der Waals surface area contributed by atoms with Crippen molar-refractivity contribution in [3.63, 3.8) is 0 Å². The molecule has 0 spiro atoms. The van der Waals surface area contributed by atoms with Crippen molar-refractivity contribution in [2.45, 2.75) is 4.90 Å². The normalized spacial score (nSPS) is 14.8. The lowest BCUT2D eigenvalue weighted by Crippen LogP contribution is -2.47. The summed E-state index contributed by atoms with van der Waals surface area (Å²) in [6.45, 7) is 2.88. The molecule has 0 atom stereocenters. The molecule has 1 saturated heterocycles. The summed E-state index contributed by atoms with van der Waals surface area (Å²) in [6, 6.07) is 13.4. The Balaban J connectivity index is 1.55. The molecule has 9 heteroatoms. The van der Waals surface area contributed by atoms with Gasteiger partial charge in [0, 0.05) is 44.0 Å². The number of pyridine rings is 2. The van der Waals surface area contributed by atoms with Crippen molar-refractivity contribution in [1.29, 1.82) is 5.26 Å². The molecule has 0 radical (unpaired) electrons. The molecule has 8 nitrogen and oxygen atoms in total. The molecular weight excluding hydrogens is 388 g/mol. The van der Waals surface area contributed by atoms with Crippen LogP contribution in [0.4, 0.5) is 11.5 Å². The summed E-state index contributed by atoms with van der Waals surface area (Å²) < 4.78 is 26.0. The van der Waals surface area contributed by atoms with Crippen molar-refractivity contribution in [1.82, 2.24) is 14.7 Å². The maximum Gasteiger partial charge on any atom is 0.241 e. The lowest BCUT2D eigenvalue weighted by atomic mass is 10.1. The van der Waals surface area contributed by atoms with Gasteiger partial charge in [-0.15, -0.1) is 0 Å². The maximum atomic E-state index is 11.9. The maximum absolute atomic E-state index is 11.9. The predicted octanol–water partition coefficient (Wildman–Crippen LogP) is 1.74. The Morgan fingerprint density at radius 2 is 1.72 bits per heavy atom. The Labute approximate surface area is 169 Å². The van der Waals surface area contributed by atoms with E-state index in [9.17, 15) is 13.7 Å². The fraction of sp³-hybridized carbons (Fsp3) is 0.250. The van der Waals surface area contributed by atoms with Crippen LogP contribution in [0.2, 0.25) is 0 Å². The number of hydrogen-bond donors (Lipinski definition) is 1. The van der Waals surface area contributed by atoms with Gasteiger partial charge in [0.2, 0.25) is 10.0 Å². The third-order valence-electron chi connectivity index (χ3n) is 5.09. The first-order chi connectivity index (χ1) is 14.0. The van der Waals surface area contributed by atoms with Gasteiger partial charge in [-0.3, -0.25) is 4.98 Å². The second-order valence-corrected chi connectivity index (χ2v) is 8.57. The van der Waals surface area contributed by atoms with Crippen LogP contribution in [-0.4, -0.2) is 51.6 Å². The standard InChI is InChI=1S/C20H20N6O2S/c1-22-29(27,28)16-6-7-19(24-14-16)25-8-10-26(11-9-25)20-15(12-21)13-23-18-5-3-2-4-17(18)20/h2-7,13-14,22H,8-11H2,1H3. The first-order valence-corrected chi connectivity index (χ1v) is 10.7. The van der Waals surface area contributed by atoms with Gasteiger partial charge in [-0.25, -0.2) is 18.1 Å². The molecule has 1 N–H and O–H groups in total. The third-order valence-corrected chi connectivity index (χ3v) is 6.49. The molecule has 0 saturated carbocycles. The number of nitriles is 1. The molecular formula is C20H20N6O2S. The van der Waals surface area contributed by atoms with Crippen LogP contribution in [0.3, 0.4) is 0 Å². The van der Waals surface area contributed by atoms with Gasteiger partial charge < -0.3 is 9.80 Å². The largest absolute Gasteiger partial charge is 0.366 e. The van der Waals surface area contributed by atoms with E-state index in [0.717, 1.165) is 35.5 Å². The minimum atomic E-state index is -3.49. The van der Waals surface area contributed by atoms with E-state index in [0.29, 0.717) is 18.7 Å². The van der Waals surface area contributed by atoms with Crippen LogP contribution in [0.25, 0.3) is 10.9 Å². The van der Waals surface area contributed by atoms with Gasteiger partial charge in [0.1, 0.15) is 16.8 Å². The average Bonchev–Trinajstić information content (AvgIpc) is 2.78. The van der Waals surface area contributed by atoms with Gasteiger partial charge in [-0.1, -0.05) is 18.2 Å². The van der Waals surface area contributed by atoms with E-state index in [1.54, 1.807) is 18.3 Å². The highest BCUT2D eigenvalue weighted by Crippen LogP contribution is 2.30. The van der Waals surface area contributed by atoms with Crippen LogP contribution in [0.1, 0.15) is 5.56 Å². The first kappa shape index (κ1) is 19.1. The van der Waals surface area contributed by atoms with Crippen LogP contribution < -0.4 is 14.5 Å². The summed E-state index contributed by atoms with van der Waals surface area (Å²) in [5.41, 5.74) is 2.35. The monoisotopic (exact) mass is 408 g/mol. The third kappa shape index (κ3) is 3.60. The van der Waals surface area contributed by atoms with Gasteiger partial charge in [-0.2, -0.15) is 5.26 Å². The summed E-state index contributed by atoms with van der Waals surface area (Å²) in [5, 5.41) is 10.5. The average molecular weight is 408 g/mol. The number of nitrogens with zero attached hydrogens (tertiary/aromatic N) is 5. The number of hydrogen-bond acceptors (Lipinski definition) is 7. The van der Waals surface area contributed by atoms with Crippen LogP contribution in [0.5, 0.6) is 0 Å². The van der Waals surface area contributed by atoms with Crippen molar-refractivity contribution >= 4 is 32.4 Å². The summed E-state index contributed by atoms with van der Waals surface area (Å²) in [5.74, 6) is 0.736. The number of rotatable bonds is 4. The van der Waals surface area contributed by atoms with Crippen molar-refractivity contribution < 1.29 is 8.42 Å². The molecule has 1 aromatic carbocycles. The number of benzene rings is 1. The second kappa shape index (κ2) is 7.66. The number of para-hydroxylation sites is 1. The van der Waals surface area contributed by atoms with Crippen molar-refractivity contribution in [3.05, 3.63) is 54.4 Å². The van der Waals surface area contributed by atoms with Gasteiger partial charge in [0.25, 0.3) is 0 Å². The highest BCUT2D eigenvalue weighted by atomic mass is 32.2. The summed E-state index contributed by atoms with van der Waals surface area (Å²) in [6.07, 6.45) is 3.00. The predicted molar refractivity (Wildman–Crippen MR) is 111 cm³/mol. The Kier molecular flexibility index (Phi) is 5.05. The molecule has 1 aliphatic heterocycles. The SMILES string of the molecule is CNS(=O)(=O)c1ccc(N2CCN(c3c(C#N)cnc4ccccc34)CC2)nc1. The summed E-state index contributed by atoms with van der Waals surface area (Å²) in [4.78, 5) is 13.2. The van der Waals surface area contributed by atoms with E-state index < -0.39 is 10.0 Å². The van der Waals surface area contributed by atoms with E-state index >= 15 is 0 Å². The molecule has 0 aliphatic carbocycles. The molecule has 1 aliphatic rings. The molecule has 148 valence electrons. The number of fused-ring (bicyclic) bond motifs is 1. The molecule has 1 fully saturated rings. The molecule has 0 unspecified atom stereocenters. The van der Waals surface area contributed by atoms with Gasteiger partial charge >= 0.3 is 0 Å². The van der Waals surface area contributed by atoms with E-state index in [1.165, 1.54) is 13.2 Å². The number of nitrogens with one attached hydrogen (secondary N) is 1. The smallest absolute Gasteiger partial charge is 0.241 e. The Bertz CT molecular complexity index is 1180. The van der Waals surface area contributed by atoms with Crippen LogP contribution in [0.15, 0.2) is 53.7 Å². The van der Waals surface area contributed by atoms with E-state index in [1.807, 2.05) is 24.3 Å². The minimum Gasteiger partial charge on any atom is -0.366 e. The van der Waals surface area contributed by atoms with Gasteiger partial charge in [-0.05, 0) is 25.2 Å². The lowest BCUT2D eigenvalue weighted by molar-refractivity contribution is 0.587. The topological polar surface area (TPSA) is 102 Å². The Morgan fingerprint density at radius 3 is 2.38 bits per heavy atom. The summed E-state index contributed by atoms with van der Waals surface area (Å²) in [7, 11) is -2.12. The Morgan fingerprint density at radius 1 is 1.00 bits per heavy atom. The molecule has 4 rings (SSSR count). The van der Waals surface area contributed by atoms with Crippen LogP contribution in [-0.2, 0) is 10.0 Å². The number of aromatic nitrogens is 2. The first-order valence-electron chi connectivity index (χ1n) is 9.21. The quantitative estimate of drug-likeness (QED) is 0.701. The fourth-order valence-corrected chi connectivity index (χ4v) is 4.22. The molecule has 0 amide bonds. The van der Waals surface area contributed by atoms with Crippen LogP contribution in [0, 0.1) is 11.3 Å². The molecule has 2 aromatic heterocycles. The van der Waals surface area contributed by atoms with E-state index in [2.05, 4.69) is 30.6 Å². The molecule has 3 aromatic rings. The zero-order valence-electron chi connectivity index (χ0n) is 15.9. The minimum absolute atomic E-state index is 0.143. The molecule has 29 heavy (non-hydrogen) atoms. The van der Waals surface area contributed by atoms with Gasteiger partial charge in [0.15, 0.2) is 0 Å². The van der Waals surface area contributed by atoms with E-state index in [4.69, 9.17) is 0 Å². The Hall–Kier alpha value is -3.22. The zero-order valence-corrected chi connectivity index (χ0v) is 16.7. The molecule has 0 bridgehead atoms. The fourth-order valence-electron chi connectivity index (χ4n) is 3.54. The second-order valence-electron chi connectivity index (χ2n) is 6.68. The number of sulfonamides is 1. The molecule has 3 heterocycles. The zero-order chi connectivity index (χ0) is 20.4. The van der Waals surface area contributed by atoms with Crippen LogP contribution >= 0.6 is 0 Å². The van der Waals surface area contributed by atoms with Crippen molar-refractivity contribution in [2.24, 2.45) is 0 Å². The van der Waals surface area contributed by atoms with Crippen molar-refractivity contribution in [3.8, 4) is 6.07 Å². The number of piperazine rings is 1. The van der Waals surface area contributed by atoms with E-state index in [-0.39, 0.29) is 4.90 Å². The summed E-state index contributed by atoms with van der Waals surface area (Å²) >= 11 is 0. The highest BCUT2D eigenvalue weighted by Gasteiger charge is 2.23. The lowest BCUT2D eigenvalue weighted by Gasteiger charge is -2.37.